The highest BCUT2D eigenvalue weighted by molar-refractivity contribution is 5.50. The van der Waals surface area contributed by atoms with E-state index in [4.69, 9.17) is 5.73 Å². The lowest BCUT2D eigenvalue weighted by Crippen LogP contribution is -2.22. The van der Waals surface area contributed by atoms with E-state index in [1.54, 1.807) is 12.1 Å². The van der Waals surface area contributed by atoms with Crippen LogP contribution in [0.15, 0.2) is 18.2 Å². The Bertz CT molecular complexity index is 295. The third-order valence-electron chi connectivity index (χ3n) is 2.42. The third-order valence-corrected chi connectivity index (χ3v) is 2.42. The van der Waals surface area contributed by atoms with Crippen molar-refractivity contribution in [3.63, 3.8) is 0 Å². The Hall–Kier alpha value is -1.22. The molecule has 0 bridgehead atoms. The Morgan fingerprint density at radius 2 is 1.93 bits per heavy atom. The third kappa shape index (κ3) is 2.64. The summed E-state index contributed by atoms with van der Waals surface area (Å²) < 4.78 is 0. The van der Waals surface area contributed by atoms with Gasteiger partial charge in [-0.3, -0.25) is 4.90 Å². The highest BCUT2D eigenvalue weighted by atomic mass is 16.3. The predicted octanol–water partition coefficient (Wildman–Crippen LogP) is 1.82. The molecule has 0 aliphatic heterocycles. The molecule has 3 nitrogen and oxygen atoms in total. The lowest BCUT2D eigenvalue weighted by atomic mass is 10.1. The average Bonchev–Trinajstić information content (AvgIpc) is 2.17. The number of benzene rings is 1. The van der Waals surface area contributed by atoms with Crippen molar-refractivity contribution < 1.29 is 5.11 Å². The number of phenolic OH excluding ortho intramolecular Hbond substituents is 1. The van der Waals surface area contributed by atoms with Crippen molar-refractivity contribution in [3.05, 3.63) is 23.8 Å². The number of phenols is 1. The van der Waals surface area contributed by atoms with Crippen molar-refractivity contribution in [2.24, 2.45) is 0 Å². The van der Waals surface area contributed by atoms with Gasteiger partial charge in [0, 0.05) is 18.3 Å². The van der Waals surface area contributed by atoms with Crippen LogP contribution in [-0.4, -0.2) is 23.1 Å². The number of nitrogen functional groups attached to an aromatic ring is 1. The van der Waals surface area contributed by atoms with Gasteiger partial charge in [-0.25, -0.2) is 0 Å². The standard InChI is InChI=1S/C11H18N2O/c1-3-13(4-2)8-9-5-6-10(14)7-11(9)12/h5-7,14H,3-4,8,12H2,1-2H3. The Kier molecular flexibility index (Phi) is 3.77. The van der Waals surface area contributed by atoms with Crippen LogP contribution in [0.3, 0.4) is 0 Å². The van der Waals surface area contributed by atoms with Crippen LogP contribution in [0.25, 0.3) is 0 Å². The Labute approximate surface area is 85.2 Å². The summed E-state index contributed by atoms with van der Waals surface area (Å²) in [7, 11) is 0. The van der Waals surface area contributed by atoms with Crippen LogP contribution in [0.4, 0.5) is 5.69 Å². The van der Waals surface area contributed by atoms with Crippen molar-refractivity contribution in [1.82, 2.24) is 4.90 Å². The normalized spacial score (nSPS) is 10.8. The van der Waals surface area contributed by atoms with Crippen molar-refractivity contribution in [2.45, 2.75) is 20.4 Å². The van der Waals surface area contributed by atoms with Crippen molar-refractivity contribution in [2.75, 3.05) is 18.8 Å². The molecule has 1 aromatic rings. The van der Waals surface area contributed by atoms with Crippen molar-refractivity contribution in [3.8, 4) is 5.75 Å². The fourth-order valence-corrected chi connectivity index (χ4v) is 1.41. The van der Waals surface area contributed by atoms with Gasteiger partial charge < -0.3 is 10.8 Å². The number of rotatable bonds is 4. The van der Waals surface area contributed by atoms with Gasteiger partial charge in [0.1, 0.15) is 5.75 Å². The second-order valence-corrected chi connectivity index (χ2v) is 3.34. The molecule has 0 fully saturated rings. The summed E-state index contributed by atoms with van der Waals surface area (Å²) in [6, 6.07) is 5.15. The smallest absolute Gasteiger partial charge is 0.117 e. The lowest BCUT2D eigenvalue weighted by Gasteiger charge is -2.19. The maximum Gasteiger partial charge on any atom is 0.117 e. The molecule has 14 heavy (non-hydrogen) atoms. The summed E-state index contributed by atoms with van der Waals surface area (Å²) in [6.45, 7) is 7.12. The summed E-state index contributed by atoms with van der Waals surface area (Å²) in [5.74, 6) is 0.228. The maximum absolute atomic E-state index is 9.19. The Morgan fingerprint density at radius 3 is 2.43 bits per heavy atom. The lowest BCUT2D eigenvalue weighted by molar-refractivity contribution is 0.296. The van der Waals surface area contributed by atoms with E-state index in [1.807, 2.05) is 6.07 Å². The molecule has 0 unspecified atom stereocenters. The van der Waals surface area contributed by atoms with Gasteiger partial charge in [-0.05, 0) is 24.7 Å². The van der Waals surface area contributed by atoms with E-state index < -0.39 is 0 Å². The van der Waals surface area contributed by atoms with Gasteiger partial charge >= 0.3 is 0 Å². The Balaban J connectivity index is 2.76. The molecule has 0 saturated carbocycles. The fraction of sp³-hybridized carbons (Fsp3) is 0.455. The van der Waals surface area contributed by atoms with Gasteiger partial charge in [0.2, 0.25) is 0 Å². The van der Waals surface area contributed by atoms with E-state index in [0.717, 1.165) is 25.2 Å². The van der Waals surface area contributed by atoms with Crippen LogP contribution in [0.2, 0.25) is 0 Å². The van der Waals surface area contributed by atoms with Crippen LogP contribution in [0.1, 0.15) is 19.4 Å². The quantitative estimate of drug-likeness (QED) is 0.719. The van der Waals surface area contributed by atoms with Crippen LogP contribution in [-0.2, 0) is 6.54 Å². The molecular formula is C11H18N2O. The van der Waals surface area contributed by atoms with E-state index in [1.165, 1.54) is 0 Å². The minimum atomic E-state index is 0.228. The molecule has 0 spiro atoms. The van der Waals surface area contributed by atoms with Crippen LogP contribution in [0.5, 0.6) is 5.75 Å². The fourth-order valence-electron chi connectivity index (χ4n) is 1.41. The first-order valence-electron chi connectivity index (χ1n) is 4.97. The van der Waals surface area contributed by atoms with E-state index in [0.29, 0.717) is 5.69 Å². The molecule has 0 saturated heterocycles. The van der Waals surface area contributed by atoms with E-state index >= 15 is 0 Å². The highest BCUT2D eigenvalue weighted by Crippen LogP contribution is 2.19. The second kappa shape index (κ2) is 4.86. The van der Waals surface area contributed by atoms with Gasteiger partial charge in [0.25, 0.3) is 0 Å². The number of aromatic hydroxyl groups is 1. The van der Waals surface area contributed by atoms with Crippen LogP contribution < -0.4 is 5.73 Å². The molecule has 1 rings (SSSR count). The summed E-state index contributed by atoms with van der Waals surface area (Å²) >= 11 is 0. The van der Waals surface area contributed by atoms with Crippen LogP contribution >= 0.6 is 0 Å². The van der Waals surface area contributed by atoms with Gasteiger partial charge in [-0.2, -0.15) is 0 Å². The first-order chi connectivity index (χ1) is 6.67. The Morgan fingerprint density at radius 1 is 1.29 bits per heavy atom. The molecule has 1 aromatic carbocycles. The zero-order valence-corrected chi connectivity index (χ0v) is 8.83. The molecule has 78 valence electrons. The second-order valence-electron chi connectivity index (χ2n) is 3.34. The molecular weight excluding hydrogens is 176 g/mol. The zero-order valence-electron chi connectivity index (χ0n) is 8.83. The molecule has 3 heteroatoms. The van der Waals surface area contributed by atoms with Crippen molar-refractivity contribution >= 4 is 5.69 Å². The first-order valence-corrected chi connectivity index (χ1v) is 4.97. The summed E-state index contributed by atoms with van der Waals surface area (Å²) in [5, 5.41) is 9.19. The van der Waals surface area contributed by atoms with Gasteiger partial charge in [-0.1, -0.05) is 19.9 Å². The summed E-state index contributed by atoms with van der Waals surface area (Å²) in [5.41, 5.74) is 7.53. The largest absolute Gasteiger partial charge is 0.508 e. The molecule has 0 aliphatic carbocycles. The number of hydrogen-bond donors (Lipinski definition) is 2. The summed E-state index contributed by atoms with van der Waals surface area (Å²) in [4.78, 5) is 2.28. The zero-order chi connectivity index (χ0) is 10.6. The molecule has 0 amide bonds. The SMILES string of the molecule is CCN(CC)Cc1ccc(O)cc1N. The molecule has 0 atom stereocenters. The van der Waals surface area contributed by atoms with Gasteiger partial charge in [0.05, 0.1) is 0 Å². The van der Waals surface area contributed by atoms with Gasteiger partial charge in [-0.15, -0.1) is 0 Å². The minimum absolute atomic E-state index is 0.228. The number of hydrogen-bond acceptors (Lipinski definition) is 3. The average molecular weight is 194 g/mol. The topological polar surface area (TPSA) is 49.5 Å². The van der Waals surface area contributed by atoms with E-state index in [2.05, 4.69) is 18.7 Å². The predicted molar refractivity (Wildman–Crippen MR) is 59.1 cm³/mol. The number of anilines is 1. The minimum Gasteiger partial charge on any atom is -0.508 e. The number of nitrogens with zero attached hydrogens (tertiary/aromatic N) is 1. The van der Waals surface area contributed by atoms with Crippen LogP contribution in [0, 0.1) is 0 Å². The monoisotopic (exact) mass is 194 g/mol. The molecule has 0 aliphatic rings. The maximum atomic E-state index is 9.19. The van der Waals surface area contributed by atoms with E-state index in [9.17, 15) is 5.11 Å². The van der Waals surface area contributed by atoms with E-state index in [-0.39, 0.29) is 5.75 Å². The molecule has 0 radical (unpaired) electrons. The number of nitrogens with two attached hydrogens (primary N) is 1. The highest BCUT2D eigenvalue weighted by Gasteiger charge is 2.04. The molecule has 3 N–H and O–H groups in total. The molecule has 0 heterocycles. The summed E-state index contributed by atoms with van der Waals surface area (Å²) in [6.07, 6.45) is 0. The first kappa shape index (κ1) is 10.9. The van der Waals surface area contributed by atoms with Crippen molar-refractivity contribution in [1.29, 1.82) is 0 Å². The molecule has 0 aromatic heterocycles. The van der Waals surface area contributed by atoms with Gasteiger partial charge in [0.15, 0.2) is 0 Å².